The van der Waals surface area contributed by atoms with Crippen LogP contribution in [0.25, 0.3) is 0 Å². The normalized spacial score (nSPS) is 15.7. The highest BCUT2D eigenvalue weighted by Crippen LogP contribution is 2.14. The molecule has 0 radical (unpaired) electrons. The Morgan fingerprint density at radius 2 is 1.81 bits per heavy atom. The number of nitrogens with zero attached hydrogens (tertiary/aromatic N) is 1. The number of hydrazone groups is 1. The van der Waals surface area contributed by atoms with Gasteiger partial charge in [0.2, 0.25) is 0 Å². The molecule has 21 heavy (non-hydrogen) atoms. The van der Waals surface area contributed by atoms with Crippen LogP contribution in [0, 0.1) is 0 Å². The van der Waals surface area contributed by atoms with Crippen molar-refractivity contribution in [3.8, 4) is 0 Å². The van der Waals surface area contributed by atoms with E-state index in [4.69, 9.17) is 4.42 Å². The lowest BCUT2D eigenvalue weighted by Gasteiger charge is -2.10. The first-order valence-corrected chi connectivity index (χ1v) is 7.41. The van der Waals surface area contributed by atoms with Crippen LogP contribution in [-0.2, 0) is 16.1 Å². The van der Waals surface area contributed by atoms with Crippen molar-refractivity contribution in [1.29, 1.82) is 0 Å². The molecular weight excluding hydrogens is 270 g/mol. The summed E-state index contributed by atoms with van der Waals surface area (Å²) >= 11 is 0. The van der Waals surface area contributed by atoms with Crippen molar-refractivity contribution in [3.05, 3.63) is 24.2 Å². The average molecular weight is 291 g/mol. The fourth-order valence-corrected chi connectivity index (χ4v) is 2.27. The minimum atomic E-state index is -0.740. The second kappa shape index (κ2) is 8.24. The van der Waals surface area contributed by atoms with Gasteiger partial charge in [0.25, 0.3) is 0 Å². The molecule has 0 aromatic carbocycles. The Kier molecular flexibility index (Phi) is 5.99. The highest BCUT2D eigenvalue weighted by molar-refractivity contribution is 6.35. The van der Waals surface area contributed by atoms with Gasteiger partial charge in [-0.2, -0.15) is 5.10 Å². The molecule has 2 rings (SSSR count). The van der Waals surface area contributed by atoms with Gasteiger partial charge in [-0.3, -0.25) is 9.59 Å². The van der Waals surface area contributed by atoms with Crippen molar-refractivity contribution in [1.82, 2.24) is 10.7 Å². The van der Waals surface area contributed by atoms with E-state index in [9.17, 15) is 9.59 Å². The molecule has 2 N–H and O–H groups in total. The molecule has 6 nitrogen and oxygen atoms in total. The number of carbonyl (C=O) groups excluding carboxylic acids is 2. The molecular formula is C15H21N3O3. The van der Waals surface area contributed by atoms with E-state index in [2.05, 4.69) is 15.8 Å². The summed E-state index contributed by atoms with van der Waals surface area (Å²) in [7, 11) is 0. The zero-order valence-corrected chi connectivity index (χ0v) is 12.1. The van der Waals surface area contributed by atoms with Crippen LogP contribution in [0.15, 0.2) is 27.9 Å². The fourth-order valence-electron chi connectivity index (χ4n) is 2.27. The lowest BCUT2D eigenvalue weighted by Crippen LogP contribution is -2.37. The Labute approximate surface area is 124 Å². The molecule has 0 unspecified atom stereocenters. The topological polar surface area (TPSA) is 83.7 Å². The van der Waals surface area contributed by atoms with E-state index >= 15 is 0 Å². The maximum atomic E-state index is 11.6. The number of amides is 2. The summed E-state index contributed by atoms with van der Waals surface area (Å²) in [5.41, 5.74) is 3.31. The third kappa shape index (κ3) is 5.41. The summed E-state index contributed by atoms with van der Waals surface area (Å²) in [6, 6.07) is 3.45. The minimum Gasteiger partial charge on any atom is -0.467 e. The number of nitrogens with one attached hydrogen (secondary N) is 2. The van der Waals surface area contributed by atoms with Crippen LogP contribution in [0.2, 0.25) is 0 Å². The zero-order chi connectivity index (χ0) is 14.9. The molecule has 6 heteroatoms. The standard InChI is InChI=1S/C15H21N3O3/c19-14(16-11-13-9-6-10-21-13)15(20)18-17-12-7-4-2-1-3-5-8-12/h6,9-10H,1-5,7-8,11H2,(H,16,19)(H,18,20). The summed E-state index contributed by atoms with van der Waals surface area (Å²) in [4.78, 5) is 23.2. The monoisotopic (exact) mass is 291 g/mol. The van der Waals surface area contributed by atoms with E-state index in [-0.39, 0.29) is 6.54 Å². The highest BCUT2D eigenvalue weighted by atomic mass is 16.3. The number of hydrogen-bond donors (Lipinski definition) is 2. The van der Waals surface area contributed by atoms with Gasteiger partial charge in [-0.1, -0.05) is 19.3 Å². The molecule has 1 aliphatic rings. The van der Waals surface area contributed by atoms with Gasteiger partial charge in [0, 0.05) is 5.71 Å². The molecule has 1 fully saturated rings. The second-order valence-corrected chi connectivity index (χ2v) is 5.15. The Balaban J connectivity index is 1.75. The summed E-state index contributed by atoms with van der Waals surface area (Å²) in [6.45, 7) is 0.190. The van der Waals surface area contributed by atoms with Crippen LogP contribution < -0.4 is 10.7 Å². The molecule has 1 aromatic heterocycles. The van der Waals surface area contributed by atoms with Crippen LogP contribution in [0.5, 0.6) is 0 Å². The molecule has 1 heterocycles. The van der Waals surface area contributed by atoms with Crippen molar-refractivity contribution < 1.29 is 14.0 Å². The summed E-state index contributed by atoms with van der Waals surface area (Å²) in [5.74, 6) is -0.847. The van der Waals surface area contributed by atoms with Crippen molar-refractivity contribution in [2.24, 2.45) is 5.10 Å². The molecule has 114 valence electrons. The van der Waals surface area contributed by atoms with Crippen molar-refractivity contribution in [2.45, 2.75) is 51.5 Å². The van der Waals surface area contributed by atoms with E-state index in [1.807, 2.05) is 0 Å². The molecule has 0 bridgehead atoms. The van der Waals surface area contributed by atoms with Gasteiger partial charge in [-0.25, -0.2) is 5.43 Å². The quantitative estimate of drug-likeness (QED) is 0.661. The summed E-state index contributed by atoms with van der Waals surface area (Å²) in [6.07, 6.45) is 9.19. The number of rotatable bonds is 3. The Morgan fingerprint density at radius 1 is 1.10 bits per heavy atom. The van der Waals surface area contributed by atoms with Gasteiger partial charge >= 0.3 is 11.8 Å². The third-order valence-electron chi connectivity index (χ3n) is 3.46. The minimum absolute atomic E-state index is 0.190. The zero-order valence-electron chi connectivity index (χ0n) is 12.1. The first kappa shape index (κ1) is 15.3. The van der Waals surface area contributed by atoms with Gasteiger partial charge in [0.1, 0.15) is 5.76 Å². The molecule has 0 spiro atoms. The van der Waals surface area contributed by atoms with E-state index in [1.54, 1.807) is 12.1 Å². The summed E-state index contributed by atoms with van der Waals surface area (Å²) in [5, 5.41) is 6.56. The molecule has 1 aromatic rings. The van der Waals surface area contributed by atoms with E-state index < -0.39 is 11.8 Å². The van der Waals surface area contributed by atoms with E-state index in [0.717, 1.165) is 31.4 Å². The van der Waals surface area contributed by atoms with Gasteiger partial charge in [-0.15, -0.1) is 0 Å². The van der Waals surface area contributed by atoms with E-state index in [0.29, 0.717) is 5.76 Å². The molecule has 1 saturated carbocycles. The van der Waals surface area contributed by atoms with Gasteiger partial charge in [0.05, 0.1) is 12.8 Å². The predicted octanol–water partition coefficient (Wildman–Crippen LogP) is 2.11. The maximum absolute atomic E-state index is 11.6. The molecule has 0 aliphatic heterocycles. The largest absolute Gasteiger partial charge is 0.467 e. The fraction of sp³-hybridized carbons (Fsp3) is 0.533. The maximum Gasteiger partial charge on any atom is 0.329 e. The average Bonchev–Trinajstić information content (AvgIpc) is 2.96. The van der Waals surface area contributed by atoms with Crippen LogP contribution in [-0.4, -0.2) is 17.5 Å². The highest BCUT2D eigenvalue weighted by Gasteiger charge is 2.13. The molecule has 1 aliphatic carbocycles. The lowest BCUT2D eigenvalue weighted by atomic mass is 9.99. The van der Waals surface area contributed by atoms with Gasteiger partial charge in [0.15, 0.2) is 0 Å². The van der Waals surface area contributed by atoms with Crippen LogP contribution in [0.4, 0.5) is 0 Å². The van der Waals surface area contributed by atoms with Crippen molar-refractivity contribution in [2.75, 3.05) is 0 Å². The number of carbonyl (C=O) groups is 2. The lowest BCUT2D eigenvalue weighted by molar-refractivity contribution is -0.139. The Morgan fingerprint density at radius 3 is 2.48 bits per heavy atom. The Hall–Kier alpha value is -2.11. The second-order valence-electron chi connectivity index (χ2n) is 5.15. The first-order valence-electron chi connectivity index (χ1n) is 7.41. The summed E-state index contributed by atoms with van der Waals surface area (Å²) < 4.78 is 5.07. The smallest absolute Gasteiger partial charge is 0.329 e. The first-order chi connectivity index (χ1) is 10.3. The van der Waals surface area contributed by atoms with Gasteiger partial charge < -0.3 is 9.73 Å². The molecule has 2 amide bonds. The van der Waals surface area contributed by atoms with Crippen molar-refractivity contribution >= 4 is 17.5 Å². The number of furan rings is 1. The van der Waals surface area contributed by atoms with Crippen molar-refractivity contribution in [3.63, 3.8) is 0 Å². The van der Waals surface area contributed by atoms with Crippen LogP contribution >= 0.6 is 0 Å². The van der Waals surface area contributed by atoms with Crippen LogP contribution in [0.3, 0.4) is 0 Å². The van der Waals surface area contributed by atoms with Crippen LogP contribution in [0.1, 0.15) is 50.7 Å². The van der Waals surface area contributed by atoms with Gasteiger partial charge in [-0.05, 0) is 37.8 Å². The third-order valence-corrected chi connectivity index (χ3v) is 3.46. The molecule has 0 atom stereocenters. The predicted molar refractivity (Wildman–Crippen MR) is 78.5 cm³/mol. The SMILES string of the molecule is O=C(NCc1ccco1)C(=O)NN=C1CCCCCCC1. The number of hydrogen-bond acceptors (Lipinski definition) is 4. The Bertz CT molecular complexity index is 484. The molecule has 0 saturated heterocycles. The van der Waals surface area contributed by atoms with E-state index in [1.165, 1.54) is 25.5 Å².